The highest BCUT2D eigenvalue weighted by Gasteiger charge is 2.11. The minimum absolute atomic E-state index is 0.263. The van der Waals surface area contributed by atoms with Crippen molar-refractivity contribution in [2.45, 2.75) is 6.92 Å². The van der Waals surface area contributed by atoms with Gasteiger partial charge < -0.3 is 14.2 Å². The van der Waals surface area contributed by atoms with Crippen molar-refractivity contribution in [1.82, 2.24) is 15.6 Å². The molecule has 1 amide bonds. The largest absolute Gasteiger partial charge is 0.496 e. The first-order valence-electron chi connectivity index (χ1n) is 6.74. The molecule has 0 aliphatic carbocycles. The van der Waals surface area contributed by atoms with E-state index < -0.39 is 5.91 Å². The summed E-state index contributed by atoms with van der Waals surface area (Å²) in [4.78, 5) is 11.8. The van der Waals surface area contributed by atoms with E-state index in [0.717, 1.165) is 5.69 Å². The van der Waals surface area contributed by atoms with Crippen LogP contribution >= 0.6 is 0 Å². The number of aromatic nitrogens is 2. The minimum Gasteiger partial charge on any atom is -0.496 e. The number of carbonyl (C=O) groups excluding carboxylic acids is 1. The summed E-state index contributed by atoms with van der Waals surface area (Å²) >= 11 is 0. The van der Waals surface area contributed by atoms with Gasteiger partial charge in [0.15, 0.2) is 17.2 Å². The summed E-state index contributed by atoms with van der Waals surface area (Å²) in [5.41, 5.74) is 4.08. The molecule has 1 aromatic carbocycles. The Labute approximate surface area is 133 Å². The monoisotopic (exact) mass is 318 g/mol. The van der Waals surface area contributed by atoms with Crippen LogP contribution in [0.5, 0.6) is 17.2 Å². The van der Waals surface area contributed by atoms with Crippen LogP contribution in [0.3, 0.4) is 0 Å². The molecule has 122 valence electrons. The van der Waals surface area contributed by atoms with E-state index in [2.05, 4.69) is 20.7 Å². The molecule has 2 N–H and O–H groups in total. The van der Waals surface area contributed by atoms with Gasteiger partial charge in [0.05, 0.1) is 27.5 Å². The van der Waals surface area contributed by atoms with E-state index in [0.29, 0.717) is 22.8 Å². The third-order valence-corrected chi connectivity index (χ3v) is 3.04. The van der Waals surface area contributed by atoms with Gasteiger partial charge >= 0.3 is 0 Å². The van der Waals surface area contributed by atoms with Gasteiger partial charge in [-0.25, -0.2) is 5.43 Å². The van der Waals surface area contributed by atoms with E-state index >= 15 is 0 Å². The Morgan fingerprint density at radius 1 is 1.13 bits per heavy atom. The van der Waals surface area contributed by atoms with Crippen LogP contribution in [-0.2, 0) is 0 Å². The van der Waals surface area contributed by atoms with Gasteiger partial charge in [0.1, 0.15) is 5.75 Å². The van der Waals surface area contributed by atoms with Crippen molar-refractivity contribution in [3.8, 4) is 17.2 Å². The van der Waals surface area contributed by atoms with Crippen LogP contribution in [0.15, 0.2) is 23.3 Å². The highest BCUT2D eigenvalue weighted by Crippen LogP contribution is 2.33. The zero-order chi connectivity index (χ0) is 16.8. The maximum atomic E-state index is 11.8. The number of methoxy groups -OCH3 is 3. The fraction of sp³-hybridized carbons (Fsp3) is 0.267. The molecule has 0 spiro atoms. The minimum atomic E-state index is -0.412. The zero-order valence-corrected chi connectivity index (χ0v) is 13.3. The number of aryl methyl sites for hydroxylation is 1. The van der Waals surface area contributed by atoms with Crippen LogP contribution in [-0.4, -0.2) is 43.6 Å². The van der Waals surface area contributed by atoms with Gasteiger partial charge in [-0.15, -0.1) is 0 Å². The van der Waals surface area contributed by atoms with Crippen molar-refractivity contribution in [3.05, 3.63) is 35.2 Å². The molecule has 0 bridgehead atoms. The van der Waals surface area contributed by atoms with Crippen molar-refractivity contribution in [3.63, 3.8) is 0 Å². The van der Waals surface area contributed by atoms with E-state index in [1.807, 2.05) is 6.92 Å². The second kappa shape index (κ2) is 7.30. The van der Waals surface area contributed by atoms with E-state index in [4.69, 9.17) is 14.2 Å². The number of benzene rings is 1. The maximum Gasteiger partial charge on any atom is 0.291 e. The molecule has 2 aromatic rings. The number of hydrazone groups is 1. The highest BCUT2D eigenvalue weighted by atomic mass is 16.5. The van der Waals surface area contributed by atoms with Crippen LogP contribution in [0.1, 0.15) is 21.7 Å². The Morgan fingerprint density at radius 3 is 2.35 bits per heavy atom. The molecule has 0 aliphatic heterocycles. The second-order valence-corrected chi connectivity index (χ2v) is 4.58. The molecule has 1 heterocycles. The van der Waals surface area contributed by atoms with Crippen molar-refractivity contribution < 1.29 is 19.0 Å². The fourth-order valence-corrected chi connectivity index (χ4v) is 1.91. The molecule has 0 radical (unpaired) electrons. The highest BCUT2D eigenvalue weighted by molar-refractivity contribution is 5.93. The summed E-state index contributed by atoms with van der Waals surface area (Å²) in [6.07, 6.45) is 1.46. The van der Waals surface area contributed by atoms with Gasteiger partial charge in [-0.3, -0.25) is 9.89 Å². The molecule has 0 saturated carbocycles. The molecule has 2 rings (SSSR count). The lowest BCUT2D eigenvalue weighted by Crippen LogP contribution is -2.18. The van der Waals surface area contributed by atoms with Gasteiger partial charge in [0, 0.05) is 17.3 Å². The lowest BCUT2D eigenvalue weighted by molar-refractivity contribution is 0.0950. The quantitative estimate of drug-likeness (QED) is 0.621. The number of ether oxygens (including phenoxy) is 3. The van der Waals surface area contributed by atoms with Gasteiger partial charge in [0.2, 0.25) is 0 Å². The first kappa shape index (κ1) is 16.3. The van der Waals surface area contributed by atoms with Crippen LogP contribution in [0.2, 0.25) is 0 Å². The first-order chi connectivity index (χ1) is 11.1. The summed E-state index contributed by atoms with van der Waals surface area (Å²) in [5, 5.41) is 10.5. The summed E-state index contributed by atoms with van der Waals surface area (Å²) in [5.74, 6) is 1.20. The van der Waals surface area contributed by atoms with Gasteiger partial charge in [0.25, 0.3) is 5.91 Å². The molecule has 23 heavy (non-hydrogen) atoms. The topological polar surface area (TPSA) is 97.8 Å². The van der Waals surface area contributed by atoms with E-state index in [9.17, 15) is 4.79 Å². The first-order valence-corrected chi connectivity index (χ1v) is 6.74. The van der Waals surface area contributed by atoms with Gasteiger partial charge in [-0.2, -0.15) is 10.2 Å². The smallest absolute Gasteiger partial charge is 0.291 e. The number of nitrogens with one attached hydrogen (secondary N) is 2. The van der Waals surface area contributed by atoms with Gasteiger partial charge in [-0.1, -0.05) is 0 Å². The lowest BCUT2D eigenvalue weighted by Gasteiger charge is -2.11. The Morgan fingerprint density at radius 2 is 1.78 bits per heavy atom. The number of carbonyl (C=O) groups is 1. The SMILES string of the molecule is COc1cc(OC)c(OC)cc1/C=N/NC(=O)c1cc(C)[nH]n1. The number of amides is 1. The number of hydrogen-bond donors (Lipinski definition) is 2. The van der Waals surface area contributed by atoms with Crippen molar-refractivity contribution >= 4 is 12.1 Å². The Hall–Kier alpha value is -3.03. The van der Waals surface area contributed by atoms with Gasteiger partial charge in [-0.05, 0) is 19.1 Å². The Bertz CT molecular complexity index is 724. The molecule has 8 heteroatoms. The molecule has 0 aliphatic rings. The summed E-state index contributed by atoms with van der Waals surface area (Å²) in [6, 6.07) is 5.01. The Kier molecular flexibility index (Phi) is 5.19. The fourth-order valence-electron chi connectivity index (χ4n) is 1.91. The molecular formula is C15H18N4O4. The van der Waals surface area contributed by atoms with Crippen LogP contribution < -0.4 is 19.6 Å². The predicted octanol–water partition coefficient (Wildman–Crippen LogP) is 1.51. The molecule has 1 aromatic heterocycles. The maximum absolute atomic E-state index is 11.8. The zero-order valence-electron chi connectivity index (χ0n) is 13.3. The predicted molar refractivity (Wildman–Crippen MR) is 84.5 cm³/mol. The normalized spacial score (nSPS) is 10.6. The van der Waals surface area contributed by atoms with Crippen molar-refractivity contribution in [2.75, 3.05) is 21.3 Å². The van der Waals surface area contributed by atoms with Crippen LogP contribution in [0, 0.1) is 6.92 Å². The number of aromatic amines is 1. The molecule has 0 atom stereocenters. The number of hydrogen-bond acceptors (Lipinski definition) is 6. The third kappa shape index (κ3) is 3.79. The summed E-state index contributed by atoms with van der Waals surface area (Å²) < 4.78 is 15.7. The number of nitrogens with zero attached hydrogens (tertiary/aromatic N) is 2. The number of H-pyrrole nitrogens is 1. The summed E-state index contributed by atoms with van der Waals surface area (Å²) in [7, 11) is 4.60. The molecule has 0 saturated heterocycles. The molecule has 8 nitrogen and oxygen atoms in total. The van der Waals surface area contributed by atoms with E-state index in [-0.39, 0.29) is 5.69 Å². The van der Waals surface area contributed by atoms with E-state index in [1.165, 1.54) is 27.5 Å². The van der Waals surface area contributed by atoms with E-state index in [1.54, 1.807) is 18.2 Å². The average Bonchev–Trinajstić information content (AvgIpc) is 3.00. The Balaban J connectivity index is 2.16. The molecular weight excluding hydrogens is 300 g/mol. The molecule has 0 unspecified atom stereocenters. The number of rotatable bonds is 6. The van der Waals surface area contributed by atoms with Crippen LogP contribution in [0.4, 0.5) is 0 Å². The van der Waals surface area contributed by atoms with Crippen LogP contribution in [0.25, 0.3) is 0 Å². The van der Waals surface area contributed by atoms with Crippen molar-refractivity contribution in [1.29, 1.82) is 0 Å². The third-order valence-electron chi connectivity index (χ3n) is 3.04. The lowest BCUT2D eigenvalue weighted by atomic mass is 10.2. The second-order valence-electron chi connectivity index (χ2n) is 4.58. The standard InChI is InChI=1S/C15H18N4O4/c1-9-5-11(18-17-9)15(20)19-16-8-10-6-13(22-3)14(23-4)7-12(10)21-2/h5-8H,1-4H3,(H,17,18)(H,19,20)/b16-8+. The molecule has 0 fully saturated rings. The van der Waals surface area contributed by atoms with Crippen molar-refractivity contribution in [2.24, 2.45) is 5.10 Å². The average molecular weight is 318 g/mol. The summed E-state index contributed by atoms with van der Waals surface area (Å²) in [6.45, 7) is 1.81.